The molecule has 0 fully saturated rings. The topological polar surface area (TPSA) is 127 Å². The molecular weight excluding hydrogens is 252 g/mol. The summed E-state index contributed by atoms with van der Waals surface area (Å²) in [7, 11) is 5.21. The minimum atomic E-state index is -1.28. The van der Waals surface area contributed by atoms with Crippen LogP contribution in [-0.2, 0) is 0 Å². The van der Waals surface area contributed by atoms with Crippen molar-refractivity contribution in [3.63, 3.8) is 0 Å². The van der Waals surface area contributed by atoms with Gasteiger partial charge in [-0.05, 0) is 0 Å². The number of nitrogens with zero attached hydrogens (tertiary/aromatic N) is 4. The van der Waals surface area contributed by atoms with Crippen LogP contribution in [0.1, 0.15) is 0 Å². The Balaban J connectivity index is 3.08. The second-order valence-electron chi connectivity index (χ2n) is 4.31. The Bertz CT molecular complexity index is 402. The van der Waals surface area contributed by atoms with Crippen LogP contribution in [-0.4, -0.2) is 76.8 Å². The third-order valence-corrected chi connectivity index (χ3v) is 2.53. The number of anilines is 3. The van der Waals surface area contributed by atoms with Crippen molar-refractivity contribution in [3.05, 3.63) is 0 Å². The molecule has 108 valence electrons. The van der Waals surface area contributed by atoms with Gasteiger partial charge in [0, 0.05) is 21.1 Å². The van der Waals surface area contributed by atoms with Crippen LogP contribution in [0, 0.1) is 0 Å². The molecule has 1 aromatic rings. The predicted molar refractivity (Wildman–Crippen MR) is 71.3 cm³/mol. The number of aliphatic hydroxyl groups excluding tert-OH is 3. The van der Waals surface area contributed by atoms with Crippen LogP contribution < -0.4 is 15.5 Å². The van der Waals surface area contributed by atoms with E-state index in [9.17, 15) is 15.3 Å². The third-order valence-electron chi connectivity index (χ3n) is 2.53. The van der Waals surface area contributed by atoms with Gasteiger partial charge in [-0.3, -0.25) is 0 Å². The maximum Gasteiger partial charge on any atom is 0.231 e. The standard InChI is InChI=1S/C10H20N6O3/c1-11-7-12-8(14-9(13-7)16(2)3)15-10(4-17,5-18)6-19/h17-19H,4-6H2,1-3H3,(H2,11,12,13,14,15). The molecule has 5 N–H and O–H groups in total. The van der Waals surface area contributed by atoms with Crippen molar-refractivity contribution >= 4 is 17.8 Å². The molecule has 1 heterocycles. The number of hydrogen-bond donors (Lipinski definition) is 5. The average molecular weight is 272 g/mol. The average Bonchev–Trinajstić information content (AvgIpc) is 2.44. The molecule has 0 aliphatic carbocycles. The number of aliphatic hydroxyl groups is 3. The molecule has 0 unspecified atom stereocenters. The minimum absolute atomic E-state index is 0.153. The summed E-state index contributed by atoms with van der Waals surface area (Å²) >= 11 is 0. The van der Waals surface area contributed by atoms with Crippen molar-refractivity contribution in [1.82, 2.24) is 15.0 Å². The fourth-order valence-electron chi connectivity index (χ4n) is 1.24. The maximum absolute atomic E-state index is 9.26. The van der Waals surface area contributed by atoms with Gasteiger partial charge in [0.1, 0.15) is 5.54 Å². The fraction of sp³-hybridized carbons (Fsp3) is 0.700. The van der Waals surface area contributed by atoms with Gasteiger partial charge in [0.2, 0.25) is 17.8 Å². The van der Waals surface area contributed by atoms with E-state index in [1.807, 2.05) is 0 Å². The zero-order valence-corrected chi connectivity index (χ0v) is 11.3. The van der Waals surface area contributed by atoms with Gasteiger partial charge in [0.15, 0.2) is 0 Å². The van der Waals surface area contributed by atoms with Crippen LogP contribution in [0.4, 0.5) is 17.8 Å². The molecule has 0 saturated heterocycles. The highest BCUT2D eigenvalue weighted by Gasteiger charge is 2.29. The summed E-state index contributed by atoms with van der Waals surface area (Å²) in [4.78, 5) is 14.0. The Hall–Kier alpha value is -1.71. The number of hydrogen-bond acceptors (Lipinski definition) is 9. The van der Waals surface area contributed by atoms with Crippen LogP contribution in [0.15, 0.2) is 0 Å². The van der Waals surface area contributed by atoms with Crippen molar-refractivity contribution in [2.24, 2.45) is 0 Å². The lowest BCUT2D eigenvalue weighted by atomic mass is 10.0. The summed E-state index contributed by atoms with van der Waals surface area (Å²) in [5.74, 6) is 0.897. The normalized spacial score (nSPS) is 11.3. The Kier molecular flexibility index (Phi) is 5.21. The van der Waals surface area contributed by atoms with E-state index in [0.717, 1.165) is 0 Å². The molecule has 0 amide bonds. The molecule has 9 heteroatoms. The molecule has 1 aromatic heterocycles. The van der Waals surface area contributed by atoms with Crippen molar-refractivity contribution < 1.29 is 15.3 Å². The first-order valence-corrected chi connectivity index (χ1v) is 5.72. The summed E-state index contributed by atoms with van der Waals surface area (Å²) in [6.45, 7) is -1.38. The largest absolute Gasteiger partial charge is 0.394 e. The minimum Gasteiger partial charge on any atom is -0.394 e. The van der Waals surface area contributed by atoms with Crippen LogP contribution in [0.3, 0.4) is 0 Å². The highest BCUT2D eigenvalue weighted by atomic mass is 16.3. The second-order valence-corrected chi connectivity index (χ2v) is 4.31. The predicted octanol–water partition coefficient (Wildman–Crippen LogP) is -1.89. The fourth-order valence-corrected chi connectivity index (χ4v) is 1.24. The Morgan fingerprint density at radius 1 is 1.00 bits per heavy atom. The SMILES string of the molecule is CNc1nc(NC(CO)(CO)CO)nc(N(C)C)n1. The lowest BCUT2D eigenvalue weighted by molar-refractivity contribution is 0.0828. The molecular formula is C10H20N6O3. The Morgan fingerprint density at radius 2 is 1.53 bits per heavy atom. The van der Waals surface area contributed by atoms with E-state index in [1.54, 1.807) is 26.0 Å². The van der Waals surface area contributed by atoms with Gasteiger partial charge in [-0.2, -0.15) is 15.0 Å². The van der Waals surface area contributed by atoms with Gasteiger partial charge >= 0.3 is 0 Å². The first-order valence-electron chi connectivity index (χ1n) is 5.72. The molecule has 9 nitrogen and oxygen atoms in total. The van der Waals surface area contributed by atoms with Gasteiger partial charge in [-0.25, -0.2) is 0 Å². The number of rotatable bonds is 7. The van der Waals surface area contributed by atoms with Gasteiger partial charge in [0.05, 0.1) is 19.8 Å². The molecule has 0 bridgehead atoms. The highest BCUT2D eigenvalue weighted by molar-refractivity contribution is 5.44. The quantitative estimate of drug-likeness (QED) is 0.387. The summed E-state index contributed by atoms with van der Waals surface area (Å²) in [6.07, 6.45) is 0. The lowest BCUT2D eigenvalue weighted by Crippen LogP contribution is -2.49. The van der Waals surface area contributed by atoms with Crippen molar-refractivity contribution in [2.75, 3.05) is 56.5 Å². The molecule has 19 heavy (non-hydrogen) atoms. The zero-order chi connectivity index (χ0) is 14.5. The molecule has 0 radical (unpaired) electrons. The van der Waals surface area contributed by atoms with Crippen LogP contribution in [0.25, 0.3) is 0 Å². The third kappa shape index (κ3) is 3.63. The van der Waals surface area contributed by atoms with Crippen molar-refractivity contribution in [2.45, 2.75) is 5.54 Å². The summed E-state index contributed by atoms with van der Waals surface area (Å²) in [5.41, 5.74) is -1.28. The second kappa shape index (κ2) is 6.45. The Morgan fingerprint density at radius 3 is 1.95 bits per heavy atom. The first kappa shape index (κ1) is 15.3. The molecule has 1 rings (SSSR count). The van der Waals surface area contributed by atoms with Gasteiger partial charge in [0.25, 0.3) is 0 Å². The van der Waals surface area contributed by atoms with Gasteiger partial charge in [-0.15, -0.1) is 0 Å². The van der Waals surface area contributed by atoms with E-state index >= 15 is 0 Å². The van der Waals surface area contributed by atoms with E-state index < -0.39 is 25.4 Å². The highest BCUT2D eigenvalue weighted by Crippen LogP contribution is 2.15. The van der Waals surface area contributed by atoms with E-state index in [1.165, 1.54) is 0 Å². The van der Waals surface area contributed by atoms with E-state index in [4.69, 9.17) is 0 Å². The Labute approximate surface area is 111 Å². The monoisotopic (exact) mass is 272 g/mol. The zero-order valence-electron chi connectivity index (χ0n) is 11.3. The summed E-state index contributed by atoms with van der Waals surface area (Å²) in [5, 5.41) is 33.3. The molecule has 0 atom stereocenters. The lowest BCUT2D eigenvalue weighted by Gasteiger charge is -2.28. The van der Waals surface area contributed by atoms with Crippen LogP contribution in [0.5, 0.6) is 0 Å². The first-order chi connectivity index (χ1) is 9.00. The maximum atomic E-state index is 9.26. The molecule has 0 aromatic carbocycles. The van der Waals surface area contributed by atoms with Crippen molar-refractivity contribution in [1.29, 1.82) is 0 Å². The molecule has 0 spiro atoms. The molecule has 0 saturated carbocycles. The number of aromatic nitrogens is 3. The van der Waals surface area contributed by atoms with Crippen molar-refractivity contribution in [3.8, 4) is 0 Å². The number of nitrogens with one attached hydrogen (secondary N) is 2. The molecule has 0 aliphatic rings. The van der Waals surface area contributed by atoms with Gasteiger partial charge in [-0.1, -0.05) is 0 Å². The van der Waals surface area contributed by atoms with E-state index in [2.05, 4.69) is 25.6 Å². The van der Waals surface area contributed by atoms with Gasteiger partial charge < -0.3 is 30.9 Å². The summed E-state index contributed by atoms with van der Waals surface area (Å²) < 4.78 is 0. The summed E-state index contributed by atoms with van der Waals surface area (Å²) in [6, 6.07) is 0. The smallest absolute Gasteiger partial charge is 0.231 e. The van der Waals surface area contributed by atoms with Crippen LogP contribution in [0.2, 0.25) is 0 Å². The van der Waals surface area contributed by atoms with E-state index in [0.29, 0.717) is 11.9 Å². The van der Waals surface area contributed by atoms with Crippen LogP contribution >= 0.6 is 0 Å². The van der Waals surface area contributed by atoms with E-state index in [-0.39, 0.29) is 5.95 Å². The molecule has 0 aliphatic heterocycles.